The van der Waals surface area contributed by atoms with Gasteiger partial charge in [-0.1, -0.05) is 47.5 Å². The first-order valence-electron chi connectivity index (χ1n) is 8.87. The zero-order valence-electron chi connectivity index (χ0n) is 15.2. The van der Waals surface area contributed by atoms with E-state index in [9.17, 15) is 9.59 Å². The summed E-state index contributed by atoms with van der Waals surface area (Å²) < 4.78 is 5.31. The van der Waals surface area contributed by atoms with Crippen LogP contribution in [0, 0.1) is 21.7 Å². The highest BCUT2D eigenvalue weighted by molar-refractivity contribution is 5.95. The summed E-state index contributed by atoms with van der Waals surface area (Å²) in [6.45, 7) is 13.0. The zero-order chi connectivity index (χ0) is 16.8. The molecule has 1 saturated carbocycles. The summed E-state index contributed by atoms with van der Waals surface area (Å²) in [6.07, 6.45) is 6.44. The van der Waals surface area contributed by atoms with Crippen LogP contribution in [0.25, 0.3) is 0 Å². The average molecular weight is 308 g/mol. The van der Waals surface area contributed by atoms with Crippen molar-refractivity contribution in [2.75, 3.05) is 0 Å². The van der Waals surface area contributed by atoms with Crippen molar-refractivity contribution in [1.82, 2.24) is 0 Å². The van der Waals surface area contributed by atoms with E-state index >= 15 is 0 Å². The molecule has 1 saturated heterocycles. The molecule has 2 fully saturated rings. The van der Waals surface area contributed by atoms with E-state index in [0.29, 0.717) is 6.42 Å². The molecule has 0 aromatic rings. The van der Waals surface area contributed by atoms with E-state index in [1.54, 1.807) is 0 Å². The minimum absolute atomic E-state index is 0.0130. The molecule has 3 nitrogen and oxygen atoms in total. The van der Waals surface area contributed by atoms with Gasteiger partial charge in [0.05, 0.1) is 10.8 Å². The minimum atomic E-state index is -0.536. The topological polar surface area (TPSA) is 43.4 Å². The molecule has 0 radical (unpaired) electrons. The van der Waals surface area contributed by atoms with Crippen LogP contribution in [0.1, 0.15) is 86.5 Å². The Hall–Kier alpha value is -0.860. The molecule has 1 aliphatic carbocycles. The Labute approximate surface area is 135 Å². The highest BCUT2D eigenvalue weighted by atomic mass is 16.6. The lowest BCUT2D eigenvalue weighted by Crippen LogP contribution is -2.62. The van der Waals surface area contributed by atoms with Gasteiger partial charge in [-0.15, -0.1) is 0 Å². The number of carbonyl (C=O) groups is 2. The van der Waals surface area contributed by atoms with Gasteiger partial charge in [-0.25, -0.2) is 0 Å². The third-order valence-electron chi connectivity index (χ3n) is 7.32. The quantitative estimate of drug-likeness (QED) is 0.537. The van der Waals surface area contributed by atoms with Crippen molar-refractivity contribution < 1.29 is 14.3 Å². The minimum Gasteiger partial charge on any atom is -0.392 e. The van der Waals surface area contributed by atoms with Crippen molar-refractivity contribution in [3.8, 4) is 0 Å². The molecule has 0 aromatic heterocycles. The number of rotatable bonds is 5. The Balaban J connectivity index is 2.33. The van der Waals surface area contributed by atoms with Crippen LogP contribution in [0.2, 0.25) is 0 Å². The van der Waals surface area contributed by atoms with Gasteiger partial charge in [0.15, 0.2) is 0 Å². The fourth-order valence-electron chi connectivity index (χ4n) is 4.71. The Morgan fingerprint density at radius 2 is 1.64 bits per heavy atom. The van der Waals surface area contributed by atoms with E-state index in [-0.39, 0.29) is 22.8 Å². The predicted molar refractivity (Wildman–Crippen MR) is 87.2 cm³/mol. The first-order valence-corrected chi connectivity index (χ1v) is 8.87. The molecule has 1 aliphatic heterocycles. The smallest absolute Gasteiger partial charge is 0.320 e. The number of ether oxygens (including phenoxy) is 1. The highest BCUT2D eigenvalue weighted by Gasteiger charge is 2.67. The van der Waals surface area contributed by atoms with Crippen LogP contribution in [0.4, 0.5) is 0 Å². The standard InChI is InChI=1S/C19H32O3/c1-7-16(4,8-2)12-17(5)13-19(15(21)22-14(17)20)11-10-18(19,6)9-3/h7-13H2,1-6H3. The van der Waals surface area contributed by atoms with E-state index in [1.807, 2.05) is 6.92 Å². The summed E-state index contributed by atoms with van der Waals surface area (Å²) in [4.78, 5) is 25.1. The molecule has 0 aromatic carbocycles. The molecule has 2 rings (SSSR count). The maximum absolute atomic E-state index is 12.5. The van der Waals surface area contributed by atoms with Gasteiger partial charge in [-0.3, -0.25) is 9.59 Å². The largest absolute Gasteiger partial charge is 0.392 e. The van der Waals surface area contributed by atoms with Gasteiger partial charge >= 0.3 is 11.9 Å². The normalized spacial score (nSPS) is 38.8. The van der Waals surface area contributed by atoms with E-state index < -0.39 is 10.8 Å². The second-order valence-electron chi connectivity index (χ2n) is 8.61. The highest BCUT2D eigenvalue weighted by Crippen LogP contribution is 2.66. The molecule has 0 amide bonds. The zero-order valence-corrected chi connectivity index (χ0v) is 15.2. The second-order valence-corrected chi connectivity index (χ2v) is 8.61. The van der Waals surface area contributed by atoms with Crippen LogP contribution in [-0.4, -0.2) is 11.9 Å². The van der Waals surface area contributed by atoms with Crippen LogP contribution < -0.4 is 0 Å². The summed E-state index contributed by atoms with van der Waals surface area (Å²) >= 11 is 0. The number of hydrogen-bond donors (Lipinski definition) is 0. The van der Waals surface area contributed by atoms with Gasteiger partial charge in [-0.2, -0.15) is 0 Å². The third kappa shape index (κ3) is 2.32. The fraction of sp³-hybridized carbons (Fsp3) is 0.895. The van der Waals surface area contributed by atoms with Crippen LogP contribution in [0.5, 0.6) is 0 Å². The molecule has 2 aliphatic rings. The van der Waals surface area contributed by atoms with Crippen molar-refractivity contribution in [2.45, 2.75) is 86.5 Å². The van der Waals surface area contributed by atoms with Gasteiger partial charge in [-0.05, 0) is 49.9 Å². The maximum atomic E-state index is 12.5. The Bertz CT molecular complexity index is 475. The molecule has 1 spiro atoms. The van der Waals surface area contributed by atoms with Crippen molar-refractivity contribution in [2.24, 2.45) is 21.7 Å². The van der Waals surface area contributed by atoms with Gasteiger partial charge in [0.25, 0.3) is 0 Å². The SMILES string of the molecule is CCC(C)(CC)CC1(C)CC2(CCC2(C)CC)C(=O)OC1=O. The molecule has 0 N–H and O–H groups in total. The number of cyclic esters (lactones) is 2. The summed E-state index contributed by atoms with van der Waals surface area (Å²) in [7, 11) is 0. The fourth-order valence-corrected chi connectivity index (χ4v) is 4.71. The number of esters is 2. The predicted octanol–water partition coefficient (Wildman–Crippen LogP) is 4.88. The van der Waals surface area contributed by atoms with Crippen molar-refractivity contribution >= 4 is 11.9 Å². The first-order chi connectivity index (χ1) is 10.1. The van der Waals surface area contributed by atoms with E-state index in [0.717, 1.165) is 38.5 Å². The van der Waals surface area contributed by atoms with Crippen molar-refractivity contribution in [3.05, 3.63) is 0 Å². The van der Waals surface area contributed by atoms with Gasteiger partial charge in [0, 0.05) is 0 Å². The monoisotopic (exact) mass is 308 g/mol. The van der Waals surface area contributed by atoms with Crippen LogP contribution in [0.3, 0.4) is 0 Å². The molecule has 126 valence electrons. The lowest BCUT2D eigenvalue weighted by molar-refractivity contribution is -0.212. The number of hydrogen-bond acceptors (Lipinski definition) is 3. The van der Waals surface area contributed by atoms with E-state index in [2.05, 4.69) is 34.6 Å². The summed E-state index contributed by atoms with van der Waals surface area (Å²) in [5, 5.41) is 0. The van der Waals surface area contributed by atoms with Crippen LogP contribution >= 0.6 is 0 Å². The molecule has 22 heavy (non-hydrogen) atoms. The van der Waals surface area contributed by atoms with Crippen molar-refractivity contribution in [1.29, 1.82) is 0 Å². The van der Waals surface area contributed by atoms with Crippen molar-refractivity contribution in [3.63, 3.8) is 0 Å². The van der Waals surface area contributed by atoms with Gasteiger partial charge in [0.1, 0.15) is 0 Å². The van der Waals surface area contributed by atoms with E-state index in [1.165, 1.54) is 0 Å². The summed E-state index contributed by atoms with van der Waals surface area (Å²) in [6, 6.07) is 0. The molecule has 3 atom stereocenters. The molecule has 1 heterocycles. The Kier molecular flexibility index (Phi) is 4.25. The molecular weight excluding hydrogens is 276 g/mol. The second kappa shape index (κ2) is 5.35. The maximum Gasteiger partial charge on any atom is 0.320 e. The third-order valence-corrected chi connectivity index (χ3v) is 7.32. The molecule has 3 heteroatoms. The Morgan fingerprint density at radius 3 is 2.05 bits per heavy atom. The van der Waals surface area contributed by atoms with Crippen LogP contribution in [-0.2, 0) is 14.3 Å². The molecular formula is C19H32O3. The molecule has 0 bridgehead atoms. The molecule has 3 unspecified atom stereocenters. The summed E-state index contributed by atoms with van der Waals surface area (Å²) in [5.74, 6) is -0.568. The lowest BCUT2D eigenvalue weighted by atomic mass is 9.44. The van der Waals surface area contributed by atoms with Gasteiger partial charge in [0.2, 0.25) is 0 Å². The van der Waals surface area contributed by atoms with E-state index in [4.69, 9.17) is 4.74 Å². The lowest BCUT2D eigenvalue weighted by Gasteiger charge is -2.60. The number of carbonyl (C=O) groups excluding carboxylic acids is 2. The first kappa shape index (κ1) is 17.5. The van der Waals surface area contributed by atoms with Crippen LogP contribution in [0.15, 0.2) is 0 Å². The summed E-state index contributed by atoms with van der Waals surface area (Å²) in [5.41, 5.74) is -0.860. The average Bonchev–Trinajstić information content (AvgIpc) is 2.49. The van der Waals surface area contributed by atoms with Gasteiger partial charge < -0.3 is 4.74 Å². The Morgan fingerprint density at radius 1 is 1.05 bits per heavy atom.